The Kier molecular flexibility index (Phi) is 3.99. The number of hydrogen-bond donors (Lipinski definition) is 1. The molecular formula is C15H19NO2S. The van der Waals surface area contributed by atoms with Gasteiger partial charge in [0.25, 0.3) is 11.8 Å². The molecule has 0 bridgehead atoms. The van der Waals surface area contributed by atoms with Crippen molar-refractivity contribution in [2.75, 3.05) is 12.3 Å². The Morgan fingerprint density at radius 3 is 1.89 bits per heavy atom. The van der Waals surface area contributed by atoms with Gasteiger partial charge < -0.3 is 0 Å². The summed E-state index contributed by atoms with van der Waals surface area (Å²) >= 11 is 4.41. The molecule has 3 nitrogen and oxygen atoms in total. The van der Waals surface area contributed by atoms with Crippen LogP contribution in [0, 0.1) is 5.41 Å². The highest BCUT2D eigenvalue weighted by atomic mass is 32.1. The lowest BCUT2D eigenvalue weighted by Gasteiger charge is -2.33. The Hall–Kier alpha value is -1.29. The maximum atomic E-state index is 12.3. The minimum Gasteiger partial charge on any atom is -0.274 e. The molecule has 1 aromatic carbocycles. The number of fused-ring (bicyclic) bond motifs is 1. The highest BCUT2D eigenvalue weighted by Crippen LogP contribution is 2.32. The summed E-state index contributed by atoms with van der Waals surface area (Å²) in [5.41, 5.74) is 0.955. The molecule has 102 valence electrons. The Balaban J connectivity index is 2.30. The molecule has 0 N–H and O–H groups in total. The van der Waals surface area contributed by atoms with E-state index in [1.54, 1.807) is 24.3 Å². The van der Waals surface area contributed by atoms with E-state index in [-0.39, 0.29) is 17.2 Å². The van der Waals surface area contributed by atoms with Crippen LogP contribution in [0.3, 0.4) is 0 Å². The van der Waals surface area contributed by atoms with E-state index in [0.29, 0.717) is 23.4 Å². The van der Waals surface area contributed by atoms with E-state index in [2.05, 4.69) is 26.5 Å². The number of amides is 2. The van der Waals surface area contributed by atoms with Crippen LogP contribution in [0.5, 0.6) is 0 Å². The van der Waals surface area contributed by atoms with Crippen LogP contribution in [0.2, 0.25) is 0 Å². The monoisotopic (exact) mass is 277 g/mol. The lowest BCUT2D eigenvalue weighted by molar-refractivity contribution is 0.0576. The minimum absolute atomic E-state index is 0.0868. The van der Waals surface area contributed by atoms with Crippen molar-refractivity contribution in [1.29, 1.82) is 0 Å². The average Bonchev–Trinajstić information content (AvgIpc) is 2.70. The van der Waals surface area contributed by atoms with Gasteiger partial charge in [0.1, 0.15) is 0 Å². The first-order valence-electron chi connectivity index (χ1n) is 6.64. The molecule has 0 spiro atoms. The smallest absolute Gasteiger partial charge is 0.261 e. The van der Waals surface area contributed by atoms with Crippen LogP contribution in [0.1, 0.15) is 47.4 Å². The standard InChI is InChI=1S/C15H19NO2S/c1-3-15(4-2,10-19)9-16-13(17)11-7-5-6-8-12(11)14(16)18/h5-8,19H,3-4,9-10H2,1-2H3. The van der Waals surface area contributed by atoms with Crippen molar-refractivity contribution in [3.8, 4) is 0 Å². The SMILES string of the molecule is CCC(CC)(CS)CN1C(=O)c2ccccc2C1=O. The summed E-state index contributed by atoms with van der Waals surface area (Å²) in [5, 5.41) is 0. The van der Waals surface area contributed by atoms with Crippen LogP contribution in [-0.4, -0.2) is 29.0 Å². The van der Waals surface area contributed by atoms with E-state index in [4.69, 9.17) is 0 Å². The topological polar surface area (TPSA) is 37.4 Å². The number of hydrogen-bond acceptors (Lipinski definition) is 3. The lowest BCUT2D eigenvalue weighted by atomic mass is 9.84. The molecule has 0 radical (unpaired) electrons. The van der Waals surface area contributed by atoms with Gasteiger partial charge in [-0.2, -0.15) is 12.6 Å². The number of thiol groups is 1. The molecule has 2 rings (SSSR count). The Bertz CT molecular complexity index is 465. The van der Waals surface area contributed by atoms with Crippen LogP contribution in [0.25, 0.3) is 0 Å². The van der Waals surface area contributed by atoms with Crippen LogP contribution in [-0.2, 0) is 0 Å². The van der Waals surface area contributed by atoms with Crippen molar-refractivity contribution in [2.24, 2.45) is 5.41 Å². The van der Waals surface area contributed by atoms with Crippen molar-refractivity contribution < 1.29 is 9.59 Å². The highest BCUT2D eigenvalue weighted by Gasteiger charge is 2.39. The molecule has 0 atom stereocenters. The molecule has 2 amide bonds. The molecule has 4 heteroatoms. The number of carbonyl (C=O) groups is 2. The number of benzene rings is 1. The summed E-state index contributed by atoms with van der Waals surface area (Å²) in [6.07, 6.45) is 1.81. The second-order valence-corrected chi connectivity index (χ2v) is 5.42. The van der Waals surface area contributed by atoms with E-state index in [9.17, 15) is 9.59 Å². The molecule has 0 aliphatic carbocycles. The first-order chi connectivity index (χ1) is 9.08. The average molecular weight is 277 g/mol. The van der Waals surface area contributed by atoms with Crippen LogP contribution in [0.4, 0.5) is 0 Å². The molecule has 19 heavy (non-hydrogen) atoms. The van der Waals surface area contributed by atoms with Gasteiger partial charge in [0, 0.05) is 6.54 Å². The Labute approximate surface area is 119 Å². The molecule has 0 unspecified atom stereocenters. The van der Waals surface area contributed by atoms with Crippen molar-refractivity contribution in [3.63, 3.8) is 0 Å². The van der Waals surface area contributed by atoms with Gasteiger partial charge in [-0.1, -0.05) is 26.0 Å². The predicted molar refractivity (Wildman–Crippen MR) is 78.7 cm³/mol. The third kappa shape index (κ3) is 2.29. The summed E-state index contributed by atoms with van der Waals surface area (Å²) in [6.45, 7) is 4.62. The highest BCUT2D eigenvalue weighted by molar-refractivity contribution is 7.80. The first-order valence-corrected chi connectivity index (χ1v) is 7.28. The second kappa shape index (κ2) is 5.37. The molecule has 1 aromatic rings. The maximum absolute atomic E-state index is 12.3. The molecule has 0 fully saturated rings. The van der Waals surface area contributed by atoms with Gasteiger partial charge >= 0.3 is 0 Å². The van der Waals surface area contributed by atoms with E-state index in [1.807, 2.05) is 0 Å². The quantitative estimate of drug-likeness (QED) is 0.663. The van der Waals surface area contributed by atoms with Crippen LogP contribution in [0.15, 0.2) is 24.3 Å². The summed E-state index contributed by atoms with van der Waals surface area (Å²) in [4.78, 5) is 26.0. The molecular weight excluding hydrogens is 258 g/mol. The zero-order valence-corrected chi connectivity index (χ0v) is 12.2. The fourth-order valence-corrected chi connectivity index (χ4v) is 3.01. The number of imide groups is 1. The van der Waals surface area contributed by atoms with Crippen molar-refractivity contribution >= 4 is 24.4 Å². The minimum atomic E-state index is -0.173. The molecule has 1 aliphatic heterocycles. The third-order valence-electron chi connectivity index (χ3n) is 4.21. The Morgan fingerprint density at radius 1 is 1.05 bits per heavy atom. The van der Waals surface area contributed by atoms with Crippen molar-refractivity contribution in [3.05, 3.63) is 35.4 Å². The number of nitrogens with zero attached hydrogens (tertiary/aromatic N) is 1. The molecule has 0 aromatic heterocycles. The maximum Gasteiger partial charge on any atom is 0.261 e. The van der Waals surface area contributed by atoms with Gasteiger partial charge in [0.15, 0.2) is 0 Å². The van der Waals surface area contributed by atoms with Crippen molar-refractivity contribution in [1.82, 2.24) is 4.90 Å². The Morgan fingerprint density at radius 2 is 1.53 bits per heavy atom. The summed E-state index contributed by atoms with van der Waals surface area (Å²) < 4.78 is 0. The largest absolute Gasteiger partial charge is 0.274 e. The van der Waals surface area contributed by atoms with Gasteiger partial charge in [0.2, 0.25) is 0 Å². The van der Waals surface area contributed by atoms with Gasteiger partial charge in [-0.3, -0.25) is 14.5 Å². The summed E-state index contributed by atoms with van der Waals surface area (Å²) in [6, 6.07) is 7.02. The zero-order valence-electron chi connectivity index (χ0n) is 11.3. The van der Waals surface area contributed by atoms with Crippen molar-refractivity contribution in [2.45, 2.75) is 26.7 Å². The zero-order chi connectivity index (χ0) is 14.0. The second-order valence-electron chi connectivity index (χ2n) is 5.11. The number of carbonyl (C=O) groups excluding carboxylic acids is 2. The third-order valence-corrected chi connectivity index (χ3v) is 4.88. The predicted octanol–water partition coefficient (Wildman–Crippen LogP) is 3.02. The fourth-order valence-electron chi connectivity index (χ4n) is 2.47. The molecule has 1 aliphatic rings. The van der Waals surface area contributed by atoms with E-state index in [1.165, 1.54) is 4.90 Å². The lowest BCUT2D eigenvalue weighted by Crippen LogP contribution is -2.41. The summed E-state index contributed by atoms with van der Waals surface area (Å²) in [7, 11) is 0. The van der Waals surface area contributed by atoms with E-state index < -0.39 is 0 Å². The number of rotatable bonds is 5. The molecule has 0 saturated carbocycles. The van der Waals surface area contributed by atoms with Gasteiger partial charge in [0.05, 0.1) is 11.1 Å². The molecule has 1 heterocycles. The van der Waals surface area contributed by atoms with Crippen LogP contribution >= 0.6 is 12.6 Å². The first kappa shape index (κ1) is 14.1. The fraction of sp³-hybridized carbons (Fsp3) is 0.467. The van der Waals surface area contributed by atoms with Gasteiger partial charge in [-0.05, 0) is 36.1 Å². The van der Waals surface area contributed by atoms with E-state index >= 15 is 0 Å². The van der Waals surface area contributed by atoms with E-state index in [0.717, 1.165) is 12.8 Å². The normalized spacial score (nSPS) is 15.0. The molecule has 0 saturated heterocycles. The van der Waals surface area contributed by atoms with Gasteiger partial charge in [-0.25, -0.2) is 0 Å². The van der Waals surface area contributed by atoms with Crippen LogP contribution < -0.4 is 0 Å². The summed E-state index contributed by atoms with van der Waals surface area (Å²) in [5.74, 6) is 0.329. The van der Waals surface area contributed by atoms with Gasteiger partial charge in [-0.15, -0.1) is 0 Å².